The maximum Gasteiger partial charge on any atom is 0.158 e. The van der Waals surface area contributed by atoms with E-state index in [-0.39, 0.29) is 0 Å². The summed E-state index contributed by atoms with van der Waals surface area (Å²) in [6, 6.07) is 0. The van der Waals surface area contributed by atoms with Gasteiger partial charge in [0, 0.05) is 5.92 Å². The van der Waals surface area contributed by atoms with Crippen molar-refractivity contribution in [2.45, 2.75) is 70.6 Å². The summed E-state index contributed by atoms with van der Waals surface area (Å²) in [7, 11) is 0. The minimum Gasteiger partial charge on any atom is -0.295 e. The topological polar surface area (TPSA) is 17.1 Å². The lowest BCUT2D eigenvalue weighted by molar-refractivity contribution is -0.116. The van der Waals surface area contributed by atoms with Crippen molar-refractivity contribution in [2.75, 3.05) is 0 Å². The molecule has 0 spiro atoms. The van der Waals surface area contributed by atoms with Crippen molar-refractivity contribution >= 4 is 5.78 Å². The molecule has 2 aliphatic rings. The van der Waals surface area contributed by atoms with Crippen molar-refractivity contribution < 1.29 is 4.79 Å². The van der Waals surface area contributed by atoms with Gasteiger partial charge in [0.05, 0.1) is 0 Å². The van der Waals surface area contributed by atoms with E-state index < -0.39 is 0 Å². The fourth-order valence-corrected chi connectivity index (χ4v) is 2.97. The third-order valence-electron chi connectivity index (χ3n) is 4.27. The highest BCUT2D eigenvalue weighted by atomic mass is 16.1. The molecule has 0 N–H and O–H groups in total. The number of hydrogen-bond donors (Lipinski definition) is 0. The lowest BCUT2D eigenvalue weighted by Gasteiger charge is -2.01. The minimum absolute atomic E-state index is 0.399. The van der Waals surface area contributed by atoms with E-state index in [1.807, 2.05) is 6.08 Å². The average Bonchev–Trinajstić information content (AvgIpc) is 3.08. The summed E-state index contributed by atoms with van der Waals surface area (Å²) in [6.07, 6.45) is 18.5. The van der Waals surface area contributed by atoms with Gasteiger partial charge in [-0.15, -0.1) is 0 Å². The van der Waals surface area contributed by atoms with Crippen molar-refractivity contribution in [2.24, 2.45) is 11.8 Å². The number of hydrogen-bond acceptors (Lipinski definition) is 1. The standard InChI is InChI=1S/C16H26O/c17-16-12-10-8-6-4-2-1-3-5-7-9-11-14-13-15(14)16/h10,12,14-15H,1-9,11,13H2/b12-10+/t14-,15+/m0/s1. The van der Waals surface area contributed by atoms with E-state index in [0.717, 1.165) is 12.3 Å². The second-order valence-electron chi connectivity index (χ2n) is 5.81. The molecule has 96 valence electrons. The van der Waals surface area contributed by atoms with E-state index in [1.54, 1.807) is 0 Å². The summed E-state index contributed by atoms with van der Waals surface area (Å²) in [6.45, 7) is 0. The fourth-order valence-electron chi connectivity index (χ4n) is 2.97. The largest absolute Gasteiger partial charge is 0.295 e. The molecule has 0 bridgehead atoms. The van der Waals surface area contributed by atoms with Crippen LogP contribution >= 0.6 is 0 Å². The SMILES string of the molecule is O=C1/C=C/CCCCCCCCCC[C@H]2C[C@@H]12. The number of carbonyl (C=O) groups is 1. The van der Waals surface area contributed by atoms with Crippen LogP contribution in [0.5, 0.6) is 0 Å². The van der Waals surface area contributed by atoms with Crippen molar-refractivity contribution in [3.8, 4) is 0 Å². The first-order valence-electron chi connectivity index (χ1n) is 7.58. The molecule has 2 atom stereocenters. The summed E-state index contributed by atoms with van der Waals surface area (Å²) in [5, 5.41) is 0. The van der Waals surface area contributed by atoms with E-state index >= 15 is 0 Å². The summed E-state index contributed by atoms with van der Waals surface area (Å²) >= 11 is 0. The third-order valence-corrected chi connectivity index (χ3v) is 4.27. The molecule has 0 unspecified atom stereocenters. The maximum absolute atomic E-state index is 11.8. The van der Waals surface area contributed by atoms with Gasteiger partial charge in [0.1, 0.15) is 0 Å². The Kier molecular flexibility index (Phi) is 5.28. The lowest BCUT2D eigenvalue weighted by Crippen LogP contribution is -1.97. The molecule has 0 amide bonds. The van der Waals surface area contributed by atoms with Gasteiger partial charge < -0.3 is 0 Å². The Morgan fingerprint density at radius 1 is 0.882 bits per heavy atom. The molecular formula is C16H26O. The molecule has 17 heavy (non-hydrogen) atoms. The van der Waals surface area contributed by atoms with E-state index in [4.69, 9.17) is 0 Å². The Balaban J connectivity index is 1.75. The Bertz CT molecular complexity index is 267. The summed E-state index contributed by atoms with van der Waals surface area (Å²) in [5.74, 6) is 1.54. The monoisotopic (exact) mass is 234 g/mol. The number of fused-ring (bicyclic) bond motifs is 1. The van der Waals surface area contributed by atoms with Gasteiger partial charge >= 0.3 is 0 Å². The first-order chi connectivity index (χ1) is 8.38. The molecular weight excluding hydrogens is 208 g/mol. The van der Waals surface area contributed by atoms with E-state index in [9.17, 15) is 4.79 Å². The Morgan fingerprint density at radius 3 is 2.29 bits per heavy atom. The molecule has 1 heteroatoms. The highest BCUT2D eigenvalue weighted by Crippen LogP contribution is 2.43. The van der Waals surface area contributed by atoms with Gasteiger partial charge in [0.2, 0.25) is 0 Å². The van der Waals surface area contributed by atoms with Crippen molar-refractivity contribution in [1.82, 2.24) is 0 Å². The number of rotatable bonds is 0. The molecule has 0 aromatic heterocycles. The van der Waals surface area contributed by atoms with E-state index in [1.165, 1.54) is 64.2 Å². The number of carbonyl (C=O) groups excluding carboxylic acids is 1. The van der Waals surface area contributed by atoms with Crippen molar-refractivity contribution in [3.63, 3.8) is 0 Å². The zero-order chi connectivity index (χ0) is 11.9. The van der Waals surface area contributed by atoms with Crippen LogP contribution in [0.25, 0.3) is 0 Å². The van der Waals surface area contributed by atoms with Gasteiger partial charge in [-0.1, -0.05) is 51.0 Å². The van der Waals surface area contributed by atoms with Gasteiger partial charge in [-0.25, -0.2) is 0 Å². The summed E-state index contributed by atoms with van der Waals surface area (Å²) in [5.41, 5.74) is 0. The van der Waals surface area contributed by atoms with Crippen molar-refractivity contribution in [3.05, 3.63) is 12.2 Å². The molecule has 0 radical (unpaired) electrons. The van der Waals surface area contributed by atoms with Crippen LogP contribution in [0.1, 0.15) is 70.6 Å². The zero-order valence-corrected chi connectivity index (χ0v) is 11.0. The van der Waals surface area contributed by atoms with Crippen LogP contribution in [0.3, 0.4) is 0 Å². The molecule has 0 aromatic carbocycles. The van der Waals surface area contributed by atoms with Gasteiger partial charge in [-0.2, -0.15) is 0 Å². The average molecular weight is 234 g/mol. The highest BCUT2D eigenvalue weighted by molar-refractivity contribution is 5.93. The minimum atomic E-state index is 0.399. The Morgan fingerprint density at radius 2 is 1.53 bits per heavy atom. The maximum atomic E-state index is 11.8. The molecule has 2 aliphatic carbocycles. The summed E-state index contributed by atoms with van der Waals surface area (Å²) in [4.78, 5) is 11.8. The van der Waals surface area contributed by atoms with Crippen LogP contribution in [0.2, 0.25) is 0 Å². The second-order valence-corrected chi connectivity index (χ2v) is 5.81. The molecule has 1 nitrogen and oxygen atoms in total. The van der Waals surface area contributed by atoms with Gasteiger partial charge in [0.15, 0.2) is 5.78 Å². The predicted octanol–water partition coefficient (Wildman–Crippen LogP) is 4.66. The molecule has 1 saturated carbocycles. The molecule has 0 aliphatic heterocycles. The number of ketones is 1. The third kappa shape index (κ3) is 4.65. The van der Waals surface area contributed by atoms with Gasteiger partial charge in [-0.3, -0.25) is 4.79 Å². The zero-order valence-electron chi connectivity index (χ0n) is 11.0. The smallest absolute Gasteiger partial charge is 0.158 e. The van der Waals surface area contributed by atoms with E-state index in [2.05, 4.69) is 6.08 Å². The molecule has 1 fully saturated rings. The van der Waals surface area contributed by atoms with Crippen LogP contribution in [0.15, 0.2) is 12.2 Å². The first-order valence-corrected chi connectivity index (χ1v) is 7.58. The highest BCUT2D eigenvalue weighted by Gasteiger charge is 2.40. The van der Waals surface area contributed by atoms with Crippen molar-refractivity contribution in [1.29, 1.82) is 0 Å². The Labute approximate surface area is 106 Å². The van der Waals surface area contributed by atoms with Crippen LogP contribution in [0.4, 0.5) is 0 Å². The van der Waals surface area contributed by atoms with Crippen LogP contribution in [-0.2, 0) is 4.79 Å². The van der Waals surface area contributed by atoms with Gasteiger partial charge in [-0.05, 0) is 37.7 Å². The molecule has 0 aromatic rings. The van der Waals surface area contributed by atoms with Gasteiger partial charge in [0.25, 0.3) is 0 Å². The Hall–Kier alpha value is -0.590. The predicted molar refractivity (Wildman–Crippen MR) is 71.9 cm³/mol. The lowest BCUT2D eigenvalue weighted by atomic mass is 10.1. The van der Waals surface area contributed by atoms with Crippen LogP contribution < -0.4 is 0 Å². The quantitative estimate of drug-likeness (QED) is 0.595. The second kappa shape index (κ2) is 6.98. The van der Waals surface area contributed by atoms with Crippen LogP contribution in [0, 0.1) is 11.8 Å². The fraction of sp³-hybridized carbons (Fsp3) is 0.812. The first kappa shape index (κ1) is 12.9. The number of allylic oxidation sites excluding steroid dienone is 2. The van der Waals surface area contributed by atoms with E-state index in [0.29, 0.717) is 11.7 Å². The molecule has 2 rings (SSSR count). The summed E-state index contributed by atoms with van der Waals surface area (Å²) < 4.78 is 0. The normalized spacial score (nSPS) is 34.2. The molecule has 0 saturated heterocycles. The van der Waals surface area contributed by atoms with Crippen LogP contribution in [-0.4, -0.2) is 5.78 Å². The molecule has 0 heterocycles.